The van der Waals surface area contributed by atoms with Gasteiger partial charge in [0.15, 0.2) is 0 Å². The minimum Gasteiger partial charge on any atom is -0.468 e. The number of methoxy groups -OCH3 is 1. The average Bonchev–Trinajstić information content (AvgIpc) is 2.66. The van der Waals surface area contributed by atoms with Gasteiger partial charge in [0, 0.05) is 18.9 Å². The number of ether oxygens (including phenoxy) is 1. The maximum atomic E-state index is 11.3. The van der Waals surface area contributed by atoms with Gasteiger partial charge in [-0.25, -0.2) is 0 Å². The number of H-pyrrole nitrogens is 1. The van der Waals surface area contributed by atoms with E-state index in [2.05, 4.69) is 15.0 Å². The molecule has 4 nitrogen and oxygen atoms in total. The van der Waals surface area contributed by atoms with Crippen LogP contribution in [0.5, 0.6) is 0 Å². The number of esters is 1. The number of hydrogen-bond donors (Lipinski definition) is 2. The maximum absolute atomic E-state index is 11.3. The van der Waals surface area contributed by atoms with Crippen LogP contribution < -0.4 is 5.32 Å². The molecule has 2 N–H and O–H groups in total. The van der Waals surface area contributed by atoms with Gasteiger partial charge >= 0.3 is 5.97 Å². The van der Waals surface area contributed by atoms with E-state index in [1.54, 1.807) is 13.8 Å². The van der Waals surface area contributed by atoms with Crippen molar-refractivity contribution in [2.45, 2.75) is 25.9 Å². The molecule has 0 bridgehead atoms. The highest BCUT2D eigenvalue weighted by Gasteiger charge is 2.27. The molecular weight excluding hydrogens is 180 g/mol. The van der Waals surface area contributed by atoms with Gasteiger partial charge < -0.3 is 9.72 Å². The van der Waals surface area contributed by atoms with Crippen LogP contribution in [0.2, 0.25) is 0 Å². The lowest BCUT2D eigenvalue weighted by Crippen LogP contribution is -2.46. The van der Waals surface area contributed by atoms with E-state index in [1.807, 2.05) is 18.5 Å². The number of carbonyl (C=O) groups is 1. The van der Waals surface area contributed by atoms with Crippen molar-refractivity contribution in [1.82, 2.24) is 10.3 Å². The minimum absolute atomic E-state index is 0.256. The third-order valence-electron chi connectivity index (χ3n) is 2.09. The van der Waals surface area contributed by atoms with E-state index < -0.39 is 5.54 Å². The van der Waals surface area contributed by atoms with Crippen molar-refractivity contribution in [3.05, 3.63) is 24.0 Å². The van der Waals surface area contributed by atoms with Gasteiger partial charge in [0.25, 0.3) is 0 Å². The van der Waals surface area contributed by atoms with Crippen LogP contribution in [0.3, 0.4) is 0 Å². The van der Waals surface area contributed by atoms with Crippen molar-refractivity contribution >= 4 is 5.97 Å². The SMILES string of the molecule is COC(=O)C(C)(C)NCc1cc[nH]c1. The summed E-state index contributed by atoms with van der Waals surface area (Å²) in [5.41, 5.74) is 0.466. The summed E-state index contributed by atoms with van der Waals surface area (Å²) in [6.45, 7) is 4.24. The third-order valence-corrected chi connectivity index (χ3v) is 2.09. The zero-order valence-corrected chi connectivity index (χ0v) is 8.76. The van der Waals surface area contributed by atoms with Gasteiger partial charge in [-0.05, 0) is 25.5 Å². The predicted molar refractivity (Wildman–Crippen MR) is 53.7 cm³/mol. The highest BCUT2D eigenvalue weighted by Crippen LogP contribution is 2.06. The second-order valence-electron chi connectivity index (χ2n) is 3.69. The van der Waals surface area contributed by atoms with Crippen LogP contribution in [-0.2, 0) is 16.1 Å². The van der Waals surface area contributed by atoms with E-state index in [4.69, 9.17) is 0 Å². The standard InChI is InChI=1S/C10H16N2O2/c1-10(2,9(13)14-3)12-7-8-4-5-11-6-8/h4-6,11-12H,7H2,1-3H3. The summed E-state index contributed by atoms with van der Waals surface area (Å²) in [4.78, 5) is 14.3. The first-order valence-corrected chi connectivity index (χ1v) is 4.51. The van der Waals surface area contributed by atoms with E-state index in [0.717, 1.165) is 5.56 Å². The number of hydrogen-bond acceptors (Lipinski definition) is 3. The molecule has 14 heavy (non-hydrogen) atoms. The summed E-state index contributed by atoms with van der Waals surface area (Å²) in [6.07, 6.45) is 3.74. The highest BCUT2D eigenvalue weighted by molar-refractivity contribution is 5.79. The van der Waals surface area contributed by atoms with E-state index in [9.17, 15) is 4.79 Å². The normalized spacial score (nSPS) is 11.4. The van der Waals surface area contributed by atoms with Crippen LogP contribution in [0.15, 0.2) is 18.5 Å². The lowest BCUT2D eigenvalue weighted by atomic mass is 10.1. The number of nitrogens with one attached hydrogen (secondary N) is 2. The topological polar surface area (TPSA) is 54.1 Å². The Hall–Kier alpha value is -1.29. The molecule has 0 saturated heterocycles. The number of aromatic nitrogens is 1. The molecule has 1 heterocycles. The molecule has 1 aromatic heterocycles. The van der Waals surface area contributed by atoms with Gasteiger partial charge in [0.1, 0.15) is 5.54 Å². The molecule has 0 saturated carbocycles. The molecule has 0 aliphatic carbocycles. The Morgan fingerprint density at radius 2 is 2.36 bits per heavy atom. The van der Waals surface area contributed by atoms with Crippen molar-refractivity contribution < 1.29 is 9.53 Å². The Bertz CT molecular complexity index is 291. The summed E-state index contributed by atoms with van der Waals surface area (Å²) < 4.78 is 4.68. The number of aromatic amines is 1. The smallest absolute Gasteiger partial charge is 0.325 e. The second kappa shape index (κ2) is 4.28. The zero-order chi connectivity index (χ0) is 10.6. The first-order chi connectivity index (χ1) is 6.56. The Morgan fingerprint density at radius 1 is 1.64 bits per heavy atom. The molecule has 0 amide bonds. The molecule has 0 aliphatic heterocycles. The van der Waals surface area contributed by atoms with Crippen LogP contribution >= 0.6 is 0 Å². The van der Waals surface area contributed by atoms with Gasteiger partial charge in [0.2, 0.25) is 0 Å². The van der Waals surface area contributed by atoms with Crippen molar-refractivity contribution in [3.63, 3.8) is 0 Å². The molecular formula is C10H16N2O2. The van der Waals surface area contributed by atoms with Gasteiger partial charge in [-0.1, -0.05) is 0 Å². The Kier molecular flexibility index (Phi) is 3.30. The molecule has 0 fully saturated rings. The second-order valence-corrected chi connectivity index (χ2v) is 3.69. The van der Waals surface area contributed by atoms with E-state index in [-0.39, 0.29) is 5.97 Å². The summed E-state index contributed by atoms with van der Waals surface area (Å²) in [6, 6.07) is 1.96. The first kappa shape index (κ1) is 10.8. The largest absolute Gasteiger partial charge is 0.468 e. The van der Waals surface area contributed by atoms with Crippen LogP contribution in [0.4, 0.5) is 0 Å². The quantitative estimate of drug-likeness (QED) is 0.708. The fourth-order valence-electron chi connectivity index (χ4n) is 1.12. The highest BCUT2D eigenvalue weighted by atomic mass is 16.5. The third kappa shape index (κ3) is 2.60. The van der Waals surface area contributed by atoms with Crippen LogP contribution in [-0.4, -0.2) is 23.6 Å². The van der Waals surface area contributed by atoms with E-state index in [1.165, 1.54) is 7.11 Å². The van der Waals surface area contributed by atoms with Crippen LogP contribution in [0.25, 0.3) is 0 Å². The van der Waals surface area contributed by atoms with Crippen LogP contribution in [0, 0.1) is 0 Å². The van der Waals surface area contributed by atoms with E-state index in [0.29, 0.717) is 6.54 Å². The summed E-state index contributed by atoms with van der Waals surface area (Å²) in [5.74, 6) is -0.256. The molecule has 4 heteroatoms. The lowest BCUT2D eigenvalue weighted by molar-refractivity contribution is -0.147. The van der Waals surface area contributed by atoms with Crippen LogP contribution in [0.1, 0.15) is 19.4 Å². The molecule has 0 atom stereocenters. The average molecular weight is 196 g/mol. The van der Waals surface area contributed by atoms with Crippen molar-refractivity contribution in [2.24, 2.45) is 0 Å². The molecule has 0 unspecified atom stereocenters. The molecule has 1 rings (SSSR count). The van der Waals surface area contributed by atoms with Gasteiger partial charge in [0.05, 0.1) is 7.11 Å². The Labute approximate surface area is 83.7 Å². The van der Waals surface area contributed by atoms with E-state index >= 15 is 0 Å². The lowest BCUT2D eigenvalue weighted by Gasteiger charge is -2.22. The van der Waals surface area contributed by atoms with Crippen molar-refractivity contribution in [3.8, 4) is 0 Å². The first-order valence-electron chi connectivity index (χ1n) is 4.51. The summed E-state index contributed by atoms with van der Waals surface area (Å²) in [5, 5.41) is 3.12. The predicted octanol–water partition coefficient (Wildman–Crippen LogP) is 1.06. The zero-order valence-electron chi connectivity index (χ0n) is 8.76. The monoisotopic (exact) mass is 196 g/mol. The maximum Gasteiger partial charge on any atom is 0.325 e. The fourth-order valence-corrected chi connectivity index (χ4v) is 1.12. The molecule has 78 valence electrons. The molecule has 0 aromatic carbocycles. The molecule has 0 spiro atoms. The number of rotatable bonds is 4. The fraction of sp³-hybridized carbons (Fsp3) is 0.500. The summed E-state index contributed by atoms with van der Waals surface area (Å²) >= 11 is 0. The van der Waals surface area contributed by atoms with Crippen molar-refractivity contribution in [2.75, 3.05) is 7.11 Å². The van der Waals surface area contributed by atoms with Gasteiger partial charge in [-0.3, -0.25) is 10.1 Å². The van der Waals surface area contributed by atoms with Gasteiger partial charge in [-0.2, -0.15) is 0 Å². The molecule has 0 radical (unpaired) electrons. The minimum atomic E-state index is -0.647. The molecule has 0 aliphatic rings. The van der Waals surface area contributed by atoms with Gasteiger partial charge in [-0.15, -0.1) is 0 Å². The molecule has 1 aromatic rings. The Morgan fingerprint density at radius 3 is 2.86 bits per heavy atom. The Balaban J connectivity index is 2.48. The number of carbonyl (C=O) groups excluding carboxylic acids is 1. The summed E-state index contributed by atoms with van der Waals surface area (Å²) in [7, 11) is 1.39. The van der Waals surface area contributed by atoms with Crippen molar-refractivity contribution in [1.29, 1.82) is 0 Å².